The minimum absolute atomic E-state index is 0.0406. The molecule has 0 spiro atoms. The van der Waals surface area contributed by atoms with Crippen LogP contribution in [0.1, 0.15) is 41.6 Å². The maximum atomic E-state index is 12.3. The van der Waals surface area contributed by atoms with E-state index in [1.807, 2.05) is 0 Å². The molecule has 20 heavy (non-hydrogen) atoms. The lowest BCUT2D eigenvalue weighted by molar-refractivity contribution is 0.0922. The Hall–Kier alpha value is -2.24. The first-order valence-electron chi connectivity index (χ1n) is 6.59. The molecule has 5 N–H and O–H groups in total. The van der Waals surface area contributed by atoms with Gasteiger partial charge in [0.2, 0.25) is 0 Å². The molecule has 0 saturated heterocycles. The number of carbonyl (C=O) groups is 1. The maximum absolute atomic E-state index is 12.3. The van der Waals surface area contributed by atoms with E-state index in [9.17, 15) is 9.90 Å². The number of hydrogen-bond donors (Lipinski definition) is 4. The number of amidine groups is 1. The molecule has 0 heterocycles. The summed E-state index contributed by atoms with van der Waals surface area (Å²) >= 11 is 0. The predicted molar refractivity (Wildman–Crippen MR) is 74.9 cm³/mol. The van der Waals surface area contributed by atoms with Gasteiger partial charge in [0.1, 0.15) is 11.3 Å². The van der Waals surface area contributed by atoms with Crippen LogP contribution in [0.4, 0.5) is 0 Å². The van der Waals surface area contributed by atoms with Crippen molar-refractivity contribution in [2.75, 3.05) is 0 Å². The molecule has 0 unspecified atom stereocenters. The first-order valence-corrected chi connectivity index (χ1v) is 6.59. The summed E-state index contributed by atoms with van der Waals surface area (Å²) in [5.74, 6) is -0.103. The Balaban J connectivity index is 2.23. The van der Waals surface area contributed by atoms with Gasteiger partial charge < -0.3 is 21.4 Å². The molecule has 6 heteroatoms. The number of rotatable bonds is 3. The van der Waals surface area contributed by atoms with Gasteiger partial charge in [-0.1, -0.05) is 18.0 Å². The van der Waals surface area contributed by atoms with Crippen LogP contribution in [0.5, 0.6) is 5.75 Å². The molecule has 0 bridgehead atoms. The van der Waals surface area contributed by atoms with Crippen LogP contribution in [-0.4, -0.2) is 27.6 Å². The molecule has 1 aliphatic carbocycles. The Morgan fingerprint density at radius 2 is 2.05 bits per heavy atom. The van der Waals surface area contributed by atoms with Crippen molar-refractivity contribution in [2.45, 2.75) is 38.1 Å². The van der Waals surface area contributed by atoms with Crippen molar-refractivity contribution in [1.82, 2.24) is 5.32 Å². The molecule has 1 saturated carbocycles. The van der Waals surface area contributed by atoms with Crippen molar-refractivity contribution in [3.8, 4) is 5.75 Å². The molecular weight excluding hydrogens is 258 g/mol. The van der Waals surface area contributed by atoms with E-state index in [4.69, 9.17) is 10.9 Å². The second-order valence-electron chi connectivity index (χ2n) is 5.23. The number of aryl methyl sites for hydroxylation is 1. The van der Waals surface area contributed by atoms with Crippen LogP contribution in [0, 0.1) is 6.92 Å². The Bertz CT molecular complexity index is 549. The highest BCUT2D eigenvalue weighted by Gasteiger charge is 2.39. The summed E-state index contributed by atoms with van der Waals surface area (Å²) in [7, 11) is 0. The number of phenols is 1. The van der Waals surface area contributed by atoms with E-state index in [2.05, 4.69) is 10.5 Å². The zero-order chi connectivity index (χ0) is 14.8. The van der Waals surface area contributed by atoms with Crippen molar-refractivity contribution < 1.29 is 15.1 Å². The van der Waals surface area contributed by atoms with Crippen molar-refractivity contribution in [3.63, 3.8) is 0 Å². The van der Waals surface area contributed by atoms with Gasteiger partial charge in [0.05, 0.1) is 0 Å². The molecule has 108 valence electrons. The first kappa shape index (κ1) is 14.2. The fourth-order valence-electron chi connectivity index (χ4n) is 2.61. The number of amides is 1. The molecule has 1 fully saturated rings. The smallest absolute Gasteiger partial charge is 0.252 e. The number of aromatic hydroxyl groups is 1. The van der Waals surface area contributed by atoms with E-state index in [1.54, 1.807) is 19.1 Å². The number of phenolic OH excluding ortho intramolecular Hbond substituents is 1. The summed E-state index contributed by atoms with van der Waals surface area (Å²) in [5.41, 5.74) is 6.04. The van der Waals surface area contributed by atoms with Crippen molar-refractivity contribution in [2.24, 2.45) is 10.9 Å². The van der Waals surface area contributed by atoms with Crippen LogP contribution in [0.15, 0.2) is 23.4 Å². The topological polar surface area (TPSA) is 108 Å². The van der Waals surface area contributed by atoms with Crippen molar-refractivity contribution in [3.05, 3.63) is 29.3 Å². The number of nitrogens with two attached hydrogens (primary N) is 1. The van der Waals surface area contributed by atoms with Gasteiger partial charge in [-0.15, -0.1) is 0 Å². The van der Waals surface area contributed by atoms with Crippen LogP contribution < -0.4 is 11.1 Å². The van der Waals surface area contributed by atoms with Crippen molar-refractivity contribution in [1.29, 1.82) is 0 Å². The van der Waals surface area contributed by atoms with E-state index in [0.717, 1.165) is 12.8 Å². The molecule has 0 radical (unpaired) electrons. The normalized spacial score (nSPS) is 17.9. The molecule has 2 rings (SSSR count). The first-order chi connectivity index (χ1) is 9.48. The lowest BCUT2D eigenvalue weighted by Crippen LogP contribution is -2.55. The van der Waals surface area contributed by atoms with Crippen LogP contribution >= 0.6 is 0 Å². The molecule has 1 amide bonds. The van der Waals surface area contributed by atoms with Crippen molar-refractivity contribution >= 4 is 11.7 Å². The lowest BCUT2D eigenvalue weighted by Gasteiger charge is -2.28. The van der Waals surface area contributed by atoms with Gasteiger partial charge in [-0.3, -0.25) is 4.79 Å². The fourth-order valence-corrected chi connectivity index (χ4v) is 2.61. The molecule has 1 aliphatic rings. The summed E-state index contributed by atoms with van der Waals surface area (Å²) in [5, 5.41) is 24.3. The second-order valence-corrected chi connectivity index (χ2v) is 5.23. The van der Waals surface area contributed by atoms with Crippen LogP contribution in [0.3, 0.4) is 0 Å². The SMILES string of the molecule is Cc1cc(C(=O)NC2(/C(N)=N/O)CCCC2)ccc1O. The predicted octanol–water partition coefficient (Wildman–Crippen LogP) is 1.49. The summed E-state index contributed by atoms with van der Waals surface area (Å²) in [6, 6.07) is 4.64. The monoisotopic (exact) mass is 277 g/mol. The Kier molecular flexibility index (Phi) is 3.83. The summed E-state index contributed by atoms with van der Waals surface area (Å²) in [6.45, 7) is 1.72. The molecule has 0 atom stereocenters. The zero-order valence-electron chi connectivity index (χ0n) is 11.4. The Morgan fingerprint density at radius 3 is 2.60 bits per heavy atom. The largest absolute Gasteiger partial charge is 0.508 e. The summed E-state index contributed by atoms with van der Waals surface area (Å²) in [6.07, 6.45) is 3.16. The molecule has 6 nitrogen and oxygen atoms in total. The minimum atomic E-state index is -0.766. The van der Waals surface area contributed by atoms with Gasteiger partial charge in [-0.2, -0.15) is 0 Å². The van der Waals surface area contributed by atoms with E-state index >= 15 is 0 Å². The number of nitrogens with zero attached hydrogens (tertiary/aromatic N) is 1. The van der Waals surface area contributed by atoms with Crippen LogP contribution in [-0.2, 0) is 0 Å². The molecule has 0 aromatic heterocycles. The Labute approximate surface area is 117 Å². The van der Waals surface area contributed by atoms with Gasteiger partial charge in [-0.25, -0.2) is 0 Å². The van der Waals surface area contributed by atoms with E-state index in [-0.39, 0.29) is 17.5 Å². The number of oxime groups is 1. The molecule has 1 aromatic rings. The van der Waals surface area contributed by atoms with E-state index in [0.29, 0.717) is 24.0 Å². The van der Waals surface area contributed by atoms with Gasteiger partial charge in [0, 0.05) is 5.56 Å². The highest BCUT2D eigenvalue weighted by atomic mass is 16.4. The van der Waals surface area contributed by atoms with E-state index in [1.165, 1.54) is 6.07 Å². The third-order valence-electron chi connectivity index (χ3n) is 3.87. The number of carbonyl (C=O) groups excluding carboxylic acids is 1. The molecular formula is C14H19N3O3. The summed E-state index contributed by atoms with van der Waals surface area (Å²) < 4.78 is 0. The van der Waals surface area contributed by atoms with Gasteiger partial charge in [0.15, 0.2) is 5.84 Å². The Morgan fingerprint density at radius 1 is 1.40 bits per heavy atom. The van der Waals surface area contributed by atoms with Crippen LogP contribution in [0.25, 0.3) is 0 Å². The average molecular weight is 277 g/mol. The highest BCUT2D eigenvalue weighted by molar-refractivity contribution is 6.00. The third-order valence-corrected chi connectivity index (χ3v) is 3.87. The van der Waals surface area contributed by atoms with Gasteiger partial charge in [-0.05, 0) is 43.5 Å². The minimum Gasteiger partial charge on any atom is -0.508 e. The van der Waals surface area contributed by atoms with Gasteiger partial charge >= 0.3 is 0 Å². The molecule has 1 aromatic carbocycles. The second kappa shape index (κ2) is 5.40. The maximum Gasteiger partial charge on any atom is 0.252 e. The van der Waals surface area contributed by atoms with Crippen LogP contribution in [0.2, 0.25) is 0 Å². The quantitative estimate of drug-likeness (QED) is 0.290. The third kappa shape index (κ3) is 2.54. The average Bonchev–Trinajstić information content (AvgIpc) is 2.90. The van der Waals surface area contributed by atoms with Gasteiger partial charge in [0.25, 0.3) is 5.91 Å². The zero-order valence-corrected chi connectivity index (χ0v) is 11.4. The lowest BCUT2D eigenvalue weighted by atomic mass is 9.95. The van der Waals surface area contributed by atoms with E-state index < -0.39 is 5.54 Å². The number of nitrogens with one attached hydrogen (secondary N) is 1. The highest BCUT2D eigenvalue weighted by Crippen LogP contribution is 2.30. The fraction of sp³-hybridized carbons (Fsp3) is 0.429. The standard InChI is InChI=1S/C14H19N3O3/c1-9-8-10(4-5-11(9)18)12(19)16-14(13(15)17-20)6-2-3-7-14/h4-5,8,18,20H,2-3,6-7H2,1H3,(H2,15,17)(H,16,19). The molecule has 0 aliphatic heterocycles. The summed E-state index contributed by atoms with van der Waals surface area (Å²) in [4.78, 5) is 12.3. The number of benzene rings is 1. The number of hydrogen-bond acceptors (Lipinski definition) is 4.